The number of pyridine rings is 1. The zero-order chi connectivity index (χ0) is 24.1. The topological polar surface area (TPSA) is 89.0 Å². The summed E-state index contributed by atoms with van der Waals surface area (Å²) >= 11 is 0. The van der Waals surface area contributed by atoms with Gasteiger partial charge in [-0.25, -0.2) is 0 Å². The predicted octanol–water partition coefficient (Wildman–Crippen LogP) is 4.28. The number of aliphatic hydroxyl groups excluding tert-OH is 1. The number of hydrogen-bond donors (Lipinski definition) is 1. The van der Waals surface area contributed by atoms with Crippen LogP contribution in [0.2, 0.25) is 0 Å². The van der Waals surface area contributed by atoms with E-state index >= 15 is 0 Å². The maximum absolute atomic E-state index is 13.2. The molecule has 0 aliphatic carbocycles. The number of methoxy groups -OCH3 is 1. The number of amides is 1. The highest BCUT2D eigenvalue weighted by Crippen LogP contribution is 2.41. The minimum absolute atomic E-state index is 0.0157. The standard InChI is InChI=1S/C27H24N2O5/c1-3-14-34-21-11-9-19(10-12-21)25(30)23-24(20-7-4-8-22(15-20)33-2)29(27(32)26(23)31)17-18-6-5-13-28-16-18/h3-13,15-16,24,30H,1,14,17H2,2H3. The van der Waals surface area contributed by atoms with Gasteiger partial charge in [-0.15, -0.1) is 0 Å². The van der Waals surface area contributed by atoms with E-state index < -0.39 is 17.7 Å². The molecule has 0 spiro atoms. The smallest absolute Gasteiger partial charge is 0.295 e. The summed E-state index contributed by atoms with van der Waals surface area (Å²) in [6, 6.07) is 16.6. The first-order valence-corrected chi connectivity index (χ1v) is 10.7. The fourth-order valence-corrected chi connectivity index (χ4v) is 3.91. The molecule has 3 aromatic rings. The molecular formula is C27H24N2O5. The van der Waals surface area contributed by atoms with E-state index in [1.165, 1.54) is 4.90 Å². The van der Waals surface area contributed by atoms with Crippen LogP contribution in [0.1, 0.15) is 22.7 Å². The monoisotopic (exact) mass is 456 g/mol. The van der Waals surface area contributed by atoms with Crippen molar-refractivity contribution in [1.82, 2.24) is 9.88 Å². The van der Waals surface area contributed by atoms with Crippen LogP contribution in [0.3, 0.4) is 0 Å². The lowest BCUT2D eigenvalue weighted by Crippen LogP contribution is -2.29. The lowest BCUT2D eigenvalue weighted by molar-refractivity contribution is -0.140. The van der Waals surface area contributed by atoms with E-state index in [-0.39, 0.29) is 17.9 Å². The van der Waals surface area contributed by atoms with Crippen LogP contribution in [0.25, 0.3) is 5.76 Å². The number of aromatic nitrogens is 1. The molecule has 0 saturated carbocycles. The second kappa shape index (κ2) is 10.0. The largest absolute Gasteiger partial charge is 0.507 e. The molecule has 7 heteroatoms. The van der Waals surface area contributed by atoms with Gasteiger partial charge in [0.15, 0.2) is 0 Å². The van der Waals surface area contributed by atoms with Gasteiger partial charge in [0.2, 0.25) is 0 Å². The first-order valence-electron chi connectivity index (χ1n) is 10.7. The summed E-state index contributed by atoms with van der Waals surface area (Å²) in [7, 11) is 1.54. The minimum Gasteiger partial charge on any atom is -0.507 e. The number of ketones is 1. The molecule has 1 aromatic heterocycles. The molecule has 1 saturated heterocycles. The van der Waals surface area contributed by atoms with Crippen LogP contribution < -0.4 is 9.47 Å². The molecule has 0 radical (unpaired) electrons. The Kier molecular flexibility index (Phi) is 6.73. The van der Waals surface area contributed by atoms with Crippen molar-refractivity contribution in [3.05, 3.63) is 108 Å². The van der Waals surface area contributed by atoms with Crippen molar-refractivity contribution in [2.24, 2.45) is 0 Å². The summed E-state index contributed by atoms with van der Waals surface area (Å²) in [6.45, 7) is 4.12. The van der Waals surface area contributed by atoms with Crippen molar-refractivity contribution in [3.63, 3.8) is 0 Å². The number of carbonyl (C=O) groups is 2. The van der Waals surface area contributed by atoms with Gasteiger partial charge in [-0.05, 0) is 53.6 Å². The van der Waals surface area contributed by atoms with Crippen LogP contribution in [-0.4, -0.2) is 40.4 Å². The van der Waals surface area contributed by atoms with Crippen molar-refractivity contribution < 1.29 is 24.2 Å². The third-order valence-corrected chi connectivity index (χ3v) is 5.52. The molecule has 0 bridgehead atoms. The van der Waals surface area contributed by atoms with Gasteiger partial charge in [0.05, 0.1) is 18.7 Å². The Morgan fingerprint density at radius 1 is 1.12 bits per heavy atom. The molecule has 2 aromatic carbocycles. The van der Waals surface area contributed by atoms with E-state index in [0.717, 1.165) is 5.56 Å². The van der Waals surface area contributed by atoms with Crippen LogP contribution in [0.15, 0.2) is 91.3 Å². The number of hydrogen-bond acceptors (Lipinski definition) is 6. The van der Waals surface area contributed by atoms with Gasteiger partial charge in [-0.1, -0.05) is 30.9 Å². The van der Waals surface area contributed by atoms with Gasteiger partial charge in [-0.2, -0.15) is 0 Å². The number of carbonyl (C=O) groups excluding carboxylic acids is 2. The van der Waals surface area contributed by atoms with Gasteiger partial charge in [0, 0.05) is 24.5 Å². The summed E-state index contributed by atoms with van der Waals surface area (Å²) in [5, 5.41) is 11.2. The molecule has 34 heavy (non-hydrogen) atoms. The van der Waals surface area contributed by atoms with Gasteiger partial charge >= 0.3 is 0 Å². The fourth-order valence-electron chi connectivity index (χ4n) is 3.91. The zero-order valence-electron chi connectivity index (χ0n) is 18.7. The van der Waals surface area contributed by atoms with Crippen LogP contribution in [-0.2, 0) is 16.1 Å². The van der Waals surface area contributed by atoms with Crippen LogP contribution in [0, 0.1) is 0 Å². The molecule has 2 heterocycles. The van der Waals surface area contributed by atoms with Crippen molar-refractivity contribution >= 4 is 17.4 Å². The molecule has 1 aliphatic heterocycles. The van der Waals surface area contributed by atoms with E-state index in [1.807, 2.05) is 6.07 Å². The molecule has 172 valence electrons. The normalized spacial score (nSPS) is 17.0. The fraction of sp³-hybridized carbons (Fsp3) is 0.148. The van der Waals surface area contributed by atoms with Crippen molar-refractivity contribution in [2.45, 2.75) is 12.6 Å². The van der Waals surface area contributed by atoms with Crippen LogP contribution >= 0.6 is 0 Å². The third kappa shape index (κ3) is 4.54. The van der Waals surface area contributed by atoms with Gasteiger partial charge in [0.1, 0.15) is 23.9 Å². The lowest BCUT2D eigenvalue weighted by Gasteiger charge is -2.25. The van der Waals surface area contributed by atoms with E-state index in [2.05, 4.69) is 11.6 Å². The number of Topliss-reactive ketones (excluding diaryl/α,β-unsaturated/α-hetero) is 1. The number of likely N-dealkylation sites (tertiary alicyclic amines) is 1. The highest BCUT2D eigenvalue weighted by molar-refractivity contribution is 6.46. The van der Waals surface area contributed by atoms with Gasteiger partial charge < -0.3 is 19.5 Å². The Morgan fingerprint density at radius 3 is 2.59 bits per heavy atom. The zero-order valence-corrected chi connectivity index (χ0v) is 18.7. The summed E-state index contributed by atoms with van der Waals surface area (Å²) in [6.07, 6.45) is 4.91. The number of aliphatic hydroxyl groups is 1. The summed E-state index contributed by atoms with van der Waals surface area (Å²) in [4.78, 5) is 31.8. The predicted molar refractivity (Wildman–Crippen MR) is 127 cm³/mol. The first-order chi connectivity index (χ1) is 16.5. The van der Waals surface area contributed by atoms with E-state index in [0.29, 0.717) is 29.2 Å². The Balaban J connectivity index is 1.80. The molecule has 1 amide bonds. The Hall–Kier alpha value is -4.39. The third-order valence-electron chi connectivity index (χ3n) is 5.52. The van der Waals surface area contributed by atoms with E-state index in [9.17, 15) is 14.7 Å². The second-order valence-corrected chi connectivity index (χ2v) is 7.69. The van der Waals surface area contributed by atoms with Gasteiger partial charge in [0.25, 0.3) is 11.7 Å². The number of benzene rings is 2. The summed E-state index contributed by atoms with van der Waals surface area (Å²) in [5.41, 5.74) is 1.83. The lowest BCUT2D eigenvalue weighted by atomic mass is 9.95. The Bertz CT molecular complexity index is 1240. The van der Waals surface area contributed by atoms with Crippen molar-refractivity contribution in [1.29, 1.82) is 0 Å². The molecule has 1 unspecified atom stereocenters. The second-order valence-electron chi connectivity index (χ2n) is 7.69. The maximum Gasteiger partial charge on any atom is 0.295 e. The molecule has 1 atom stereocenters. The average Bonchev–Trinajstić information content (AvgIpc) is 3.13. The Labute approximate surface area is 197 Å². The van der Waals surface area contributed by atoms with Crippen molar-refractivity contribution in [2.75, 3.05) is 13.7 Å². The van der Waals surface area contributed by atoms with Crippen LogP contribution in [0.4, 0.5) is 0 Å². The average molecular weight is 456 g/mol. The quantitative estimate of drug-likeness (QED) is 0.236. The molecule has 7 nitrogen and oxygen atoms in total. The van der Waals surface area contributed by atoms with Crippen molar-refractivity contribution in [3.8, 4) is 11.5 Å². The first kappa shape index (κ1) is 22.8. The molecular weight excluding hydrogens is 432 g/mol. The summed E-state index contributed by atoms with van der Waals surface area (Å²) in [5.74, 6) is -0.522. The van der Waals surface area contributed by atoms with E-state index in [4.69, 9.17) is 9.47 Å². The highest BCUT2D eigenvalue weighted by atomic mass is 16.5. The molecule has 1 aliphatic rings. The van der Waals surface area contributed by atoms with E-state index in [1.54, 1.807) is 80.2 Å². The Morgan fingerprint density at radius 2 is 1.91 bits per heavy atom. The highest BCUT2D eigenvalue weighted by Gasteiger charge is 2.46. The SMILES string of the molecule is C=CCOc1ccc(C(O)=C2C(=O)C(=O)N(Cc3cccnc3)C2c2cccc(OC)c2)cc1. The number of rotatable bonds is 8. The van der Waals surface area contributed by atoms with Crippen LogP contribution in [0.5, 0.6) is 11.5 Å². The molecule has 4 rings (SSSR count). The minimum atomic E-state index is -0.799. The molecule has 1 N–H and O–H groups in total. The number of ether oxygens (including phenoxy) is 2. The summed E-state index contributed by atoms with van der Waals surface area (Å²) < 4.78 is 10.8. The van der Waals surface area contributed by atoms with Gasteiger partial charge in [-0.3, -0.25) is 14.6 Å². The molecule has 1 fully saturated rings. The maximum atomic E-state index is 13.2. The number of nitrogens with zero attached hydrogens (tertiary/aromatic N) is 2.